The SMILES string of the molecule is CCc1nccn1-c1cccc([C@@H]2CCCN2)n1. The van der Waals surface area contributed by atoms with Crippen molar-refractivity contribution in [3.05, 3.63) is 42.1 Å². The van der Waals surface area contributed by atoms with E-state index in [-0.39, 0.29) is 0 Å². The summed E-state index contributed by atoms with van der Waals surface area (Å²) < 4.78 is 2.07. The Morgan fingerprint density at radius 2 is 2.39 bits per heavy atom. The molecule has 1 aliphatic heterocycles. The molecule has 1 atom stereocenters. The van der Waals surface area contributed by atoms with E-state index in [9.17, 15) is 0 Å². The topological polar surface area (TPSA) is 42.7 Å². The Kier molecular flexibility index (Phi) is 3.11. The molecule has 0 amide bonds. The van der Waals surface area contributed by atoms with Crippen LogP contribution in [-0.2, 0) is 6.42 Å². The van der Waals surface area contributed by atoms with Crippen molar-refractivity contribution in [3.63, 3.8) is 0 Å². The summed E-state index contributed by atoms with van der Waals surface area (Å²) >= 11 is 0. The van der Waals surface area contributed by atoms with Crippen LogP contribution in [0.5, 0.6) is 0 Å². The maximum atomic E-state index is 4.77. The summed E-state index contributed by atoms with van der Waals surface area (Å²) in [4.78, 5) is 9.11. The molecular weight excluding hydrogens is 224 g/mol. The van der Waals surface area contributed by atoms with E-state index in [1.54, 1.807) is 0 Å². The van der Waals surface area contributed by atoms with Crippen LogP contribution in [-0.4, -0.2) is 21.1 Å². The van der Waals surface area contributed by atoms with Gasteiger partial charge in [0, 0.05) is 24.9 Å². The van der Waals surface area contributed by atoms with E-state index in [4.69, 9.17) is 4.98 Å². The molecule has 3 rings (SSSR count). The fourth-order valence-corrected chi connectivity index (χ4v) is 2.51. The molecular formula is C14H18N4. The molecule has 0 aromatic carbocycles. The van der Waals surface area contributed by atoms with Gasteiger partial charge in [-0.1, -0.05) is 13.0 Å². The van der Waals surface area contributed by atoms with Gasteiger partial charge < -0.3 is 5.32 Å². The molecule has 2 aromatic heterocycles. The molecule has 3 heterocycles. The number of pyridine rings is 1. The van der Waals surface area contributed by atoms with Crippen molar-refractivity contribution in [1.82, 2.24) is 19.9 Å². The largest absolute Gasteiger partial charge is 0.309 e. The highest BCUT2D eigenvalue weighted by Crippen LogP contribution is 2.22. The summed E-state index contributed by atoms with van der Waals surface area (Å²) in [5.74, 6) is 2.02. The maximum Gasteiger partial charge on any atom is 0.138 e. The summed E-state index contributed by atoms with van der Waals surface area (Å²) in [7, 11) is 0. The summed E-state index contributed by atoms with van der Waals surface area (Å²) in [6.07, 6.45) is 7.15. The van der Waals surface area contributed by atoms with Gasteiger partial charge in [0.25, 0.3) is 0 Å². The molecule has 4 heteroatoms. The highest BCUT2D eigenvalue weighted by molar-refractivity contribution is 5.28. The molecule has 0 unspecified atom stereocenters. The zero-order valence-electron chi connectivity index (χ0n) is 10.6. The molecule has 1 aliphatic rings. The Bertz CT molecular complexity index is 526. The van der Waals surface area contributed by atoms with E-state index in [1.807, 2.05) is 18.5 Å². The lowest BCUT2D eigenvalue weighted by molar-refractivity contribution is 0.625. The molecule has 0 spiro atoms. The van der Waals surface area contributed by atoms with Crippen molar-refractivity contribution in [3.8, 4) is 5.82 Å². The Morgan fingerprint density at radius 1 is 1.44 bits per heavy atom. The number of aryl methyl sites for hydroxylation is 1. The standard InChI is InChI=1S/C14H18N4/c1-2-13-16-9-10-18(13)14-7-3-5-12(17-14)11-6-4-8-15-11/h3,5,7,9-11,15H,2,4,6,8H2,1H3/t11-/m0/s1. The normalized spacial score (nSPS) is 19.3. The van der Waals surface area contributed by atoms with Gasteiger partial charge in [-0.05, 0) is 31.5 Å². The van der Waals surface area contributed by atoms with Gasteiger partial charge in [0.05, 0.1) is 5.69 Å². The minimum atomic E-state index is 0.415. The number of rotatable bonds is 3. The first-order valence-corrected chi connectivity index (χ1v) is 6.61. The minimum absolute atomic E-state index is 0.415. The third kappa shape index (κ3) is 2.04. The molecule has 0 aliphatic carbocycles. The first kappa shape index (κ1) is 11.4. The fourth-order valence-electron chi connectivity index (χ4n) is 2.51. The summed E-state index contributed by atoms with van der Waals surface area (Å²) in [5, 5.41) is 3.49. The lowest BCUT2D eigenvalue weighted by atomic mass is 10.1. The molecule has 1 saturated heterocycles. The predicted octanol–water partition coefficient (Wildman–Crippen LogP) is 2.25. The lowest BCUT2D eigenvalue weighted by Gasteiger charge is -2.12. The van der Waals surface area contributed by atoms with Crippen LogP contribution in [0.1, 0.15) is 37.3 Å². The summed E-state index contributed by atoms with van der Waals surface area (Å²) in [6, 6.07) is 6.64. The smallest absolute Gasteiger partial charge is 0.138 e. The Balaban J connectivity index is 1.95. The molecule has 0 saturated carbocycles. The summed E-state index contributed by atoms with van der Waals surface area (Å²) in [5.41, 5.74) is 1.14. The van der Waals surface area contributed by atoms with E-state index in [1.165, 1.54) is 12.8 Å². The van der Waals surface area contributed by atoms with E-state index in [0.717, 1.165) is 30.3 Å². The number of aromatic nitrogens is 3. The van der Waals surface area contributed by atoms with E-state index in [2.05, 4.69) is 33.9 Å². The van der Waals surface area contributed by atoms with Gasteiger partial charge >= 0.3 is 0 Å². The van der Waals surface area contributed by atoms with Crippen LogP contribution in [0.25, 0.3) is 5.82 Å². The van der Waals surface area contributed by atoms with Crippen LogP contribution in [0.2, 0.25) is 0 Å². The quantitative estimate of drug-likeness (QED) is 0.897. The van der Waals surface area contributed by atoms with Gasteiger partial charge in [-0.2, -0.15) is 0 Å². The number of nitrogens with zero attached hydrogens (tertiary/aromatic N) is 3. The van der Waals surface area contributed by atoms with Crippen molar-refractivity contribution in [1.29, 1.82) is 0 Å². The van der Waals surface area contributed by atoms with Gasteiger partial charge in [-0.3, -0.25) is 4.57 Å². The number of imidazole rings is 1. The van der Waals surface area contributed by atoms with Gasteiger partial charge in [-0.25, -0.2) is 9.97 Å². The van der Waals surface area contributed by atoms with Gasteiger partial charge in [0.1, 0.15) is 11.6 Å². The Labute approximate surface area is 107 Å². The zero-order chi connectivity index (χ0) is 12.4. The molecule has 1 N–H and O–H groups in total. The zero-order valence-corrected chi connectivity index (χ0v) is 10.6. The van der Waals surface area contributed by atoms with Gasteiger partial charge in [0.2, 0.25) is 0 Å². The lowest BCUT2D eigenvalue weighted by Crippen LogP contribution is -2.15. The molecule has 0 radical (unpaired) electrons. The fraction of sp³-hybridized carbons (Fsp3) is 0.429. The molecule has 4 nitrogen and oxygen atoms in total. The second kappa shape index (κ2) is 4.90. The molecule has 0 bridgehead atoms. The maximum absolute atomic E-state index is 4.77. The average Bonchev–Trinajstić information content (AvgIpc) is 3.10. The molecule has 18 heavy (non-hydrogen) atoms. The van der Waals surface area contributed by atoms with E-state index >= 15 is 0 Å². The number of hydrogen-bond acceptors (Lipinski definition) is 3. The second-order valence-corrected chi connectivity index (χ2v) is 4.64. The van der Waals surface area contributed by atoms with Crippen LogP contribution < -0.4 is 5.32 Å². The van der Waals surface area contributed by atoms with Crippen LogP contribution >= 0.6 is 0 Å². The van der Waals surface area contributed by atoms with Crippen molar-refractivity contribution in [2.45, 2.75) is 32.2 Å². The van der Waals surface area contributed by atoms with Crippen LogP contribution in [0, 0.1) is 0 Å². The minimum Gasteiger partial charge on any atom is -0.309 e. The van der Waals surface area contributed by atoms with Crippen LogP contribution in [0.3, 0.4) is 0 Å². The van der Waals surface area contributed by atoms with Crippen molar-refractivity contribution >= 4 is 0 Å². The first-order chi connectivity index (χ1) is 8.88. The van der Waals surface area contributed by atoms with Crippen molar-refractivity contribution in [2.75, 3.05) is 6.54 Å². The Morgan fingerprint density at radius 3 is 3.17 bits per heavy atom. The molecule has 94 valence electrons. The monoisotopic (exact) mass is 242 g/mol. The van der Waals surface area contributed by atoms with Gasteiger partial charge in [-0.15, -0.1) is 0 Å². The number of nitrogens with one attached hydrogen (secondary N) is 1. The number of hydrogen-bond donors (Lipinski definition) is 1. The predicted molar refractivity (Wildman–Crippen MR) is 70.7 cm³/mol. The highest BCUT2D eigenvalue weighted by atomic mass is 15.1. The first-order valence-electron chi connectivity index (χ1n) is 6.61. The van der Waals surface area contributed by atoms with Gasteiger partial charge in [0.15, 0.2) is 0 Å². The van der Waals surface area contributed by atoms with Crippen LogP contribution in [0.4, 0.5) is 0 Å². The second-order valence-electron chi connectivity index (χ2n) is 4.64. The Hall–Kier alpha value is -1.68. The van der Waals surface area contributed by atoms with Crippen LogP contribution in [0.15, 0.2) is 30.6 Å². The highest BCUT2D eigenvalue weighted by Gasteiger charge is 2.17. The average molecular weight is 242 g/mol. The van der Waals surface area contributed by atoms with E-state index in [0.29, 0.717) is 6.04 Å². The van der Waals surface area contributed by atoms with Crippen molar-refractivity contribution in [2.24, 2.45) is 0 Å². The third-order valence-corrected chi connectivity index (χ3v) is 3.45. The third-order valence-electron chi connectivity index (χ3n) is 3.45. The van der Waals surface area contributed by atoms with E-state index < -0.39 is 0 Å². The molecule has 2 aromatic rings. The summed E-state index contributed by atoms with van der Waals surface area (Å²) in [6.45, 7) is 3.21. The molecule has 1 fully saturated rings. The van der Waals surface area contributed by atoms with Crippen molar-refractivity contribution < 1.29 is 0 Å².